The van der Waals surface area contributed by atoms with E-state index in [0.717, 1.165) is 43.4 Å². The average Bonchev–Trinajstić information content (AvgIpc) is 3.16. The molecule has 290 valence electrons. The van der Waals surface area contributed by atoms with E-state index in [0.29, 0.717) is 19.1 Å². The van der Waals surface area contributed by atoms with Crippen LogP contribution >= 0.6 is 0 Å². The lowest BCUT2D eigenvalue weighted by atomic mass is 9.98. The first-order chi connectivity index (χ1) is 25.5. The molecule has 1 aliphatic rings. The summed E-state index contributed by atoms with van der Waals surface area (Å²) in [6.45, 7) is 3.06. The second-order valence-electron chi connectivity index (χ2n) is 14.1. The second kappa shape index (κ2) is 31.1. The summed E-state index contributed by atoms with van der Waals surface area (Å²) in [6, 6.07) is 7.54. The first-order valence-electron chi connectivity index (χ1n) is 21.7. The smallest absolute Gasteiger partial charge is 0.187 e. The summed E-state index contributed by atoms with van der Waals surface area (Å²) in [7, 11) is 3.13. The lowest BCUT2D eigenvalue weighted by Gasteiger charge is -2.44. The van der Waals surface area contributed by atoms with E-state index in [9.17, 15) is 4.79 Å². The molecule has 0 bridgehead atoms. The molecule has 50 heavy (non-hydrogen) atoms. The van der Waals surface area contributed by atoms with Crippen LogP contribution in [0.1, 0.15) is 176 Å². The van der Waals surface area contributed by atoms with Gasteiger partial charge in [-0.05, 0) is 30.5 Å². The van der Waals surface area contributed by atoms with Crippen molar-refractivity contribution >= 4 is 6.29 Å². The quantitative estimate of drug-likeness (QED) is 0.0522. The molecule has 0 aliphatic carbocycles. The van der Waals surface area contributed by atoms with E-state index < -0.39 is 43.9 Å². The summed E-state index contributed by atoms with van der Waals surface area (Å²) in [5.74, 6) is 0.742. The number of carbonyl (C=O) groups is 1. The third kappa shape index (κ3) is 19.9. The van der Waals surface area contributed by atoms with Crippen LogP contribution in [-0.4, -0.2) is 64.4 Å². The Kier molecular flexibility index (Phi) is 25.6. The van der Waals surface area contributed by atoms with Gasteiger partial charge in [0.25, 0.3) is 0 Å². The SMILES string of the molecule is [2H]C(CCCCCCCCCCCCC)O[C@H]1[C@H](OCc2ccc(OC)cc2)[C@@H](C=O)OC(OC)[C@@H]1OC([2H])CCCCCCCCCCCCC. The largest absolute Gasteiger partial charge is 0.497 e. The molecule has 1 aromatic carbocycles. The molecule has 1 aromatic rings. The summed E-state index contributed by atoms with van der Waals surface area (Å²) in [4.78, 5) is 12.3. The Balaban J connectivity index is 1.95. The number of hydrogen-bond donors (Lipinski definition) is 0. The fourth-order valence-corrected chi connectivity index (χ4v) is 6.68. The molecule has 0 aromatic heterocycles. The zero-order valence-corrected chi connectivity index (χ0v) is 32.5. The van der Waals surface area contributed by atoms with Crippen molar-refractivity contribution < 1.29 is 36.0 Å². The third-order valence-electron chi connectivity index (χ3n) is 9.86. The van der Waals surface area contributed by atoms with Gasteiger partial charge in [-0.2, -0.15) is 0 Å². The minimum Gasteiger partial charge on any atom is -0.497 e. The number of aldehydes is 1. The highest BCUT2D eigenvalue weighted by atomic mass is 16.7. The molecule has 1 saturated heterocycles. The van der Waals surface area contributed by atoms with Crippen LogP contribution in [0.15, 0.2) is 24.3 Å². The summed E-state index contributed by atoms with van der Waals surface area (Å²) in [5.41, 5.74) is 0.897. The van der Waals surface area contributed by atoms with Crippen molar-refractivity contribution in [2.45, 2.75) is 205 Å². The third-order valence-corrected chi connectivity index (χ3v) is 9.86. The number of carbonyl (C=O) groups excluding carboxylic acids is 1. The van der Waals surface area contributed by atoms with Crippen molar-refractivity contribution in [2.75, 3.05) is 27.4 Å². The van der Waals surface area contributed by atoms with Gasteiger partial charge in [0.15, 0.2) is 12.6 Å². The van der Waals surface area contributed by atoms with Crippen LogP contribution in [0.5, 0.6) is 5.75 Å². The molecule has 7 heteroatoms. The maximum Gasteiger partial charge on any atom is 0.187 e. The first-order valence-corrected chi connectivity index (χ1v) is 20.5. The van der Waals surface area contributed by atoms with Gasteiger partial charge >= 0.3 is 0 Å². The number of benzene rings is 1. The molecular formula is C43H76O7. The Bertz CT molecular complexity index is 967. The van der Waals surface area contributed by atoms with Crippen LogP contribution in [0.2, 0.25) is 0 Å². The average molecular weight is 707 g/mol. The predicted octanol–water partition coefficient (Wildman–Crippen LogP) is 11.3. The van der Waals surface area contributed by atoms with Gasteiger partial charge in [-0.3, -0.25) is 0 Å². The van der Waals surface area contributed by atoms with Crippen LogP contribution in [0, 0.1) is 0 Å². The highest BCUT2D eigenvalue weighted by molar-refractivity contribution is 5.57. The Morgan fingerprint density at radius 3 is 1.40 bits per heavy atom. The minimum atomic E-state index is -0.974. The molecule has 3 unspecified atom stereocenters. The molecule has 0 saturated carbocycles. The van der Waals surface area contributed by atoms with Crippen molar-refractivity contribution in [3.63, 3.8) is 0 Å². The Labute approximate surface area is 310 Å². The van der Waals surface area contributed by atoms with Crippen LogP contribution in [0.3, 0.4) is 0 Å². The van der Waals surface area contributed by atoms with Crippen molar-refractivity contribution in [1.82, 2.24) is 0 Å². The van der Waals surface area contributed by atoms with E-state index in [1.54, 1.807) is 7.11 Å². The lowest BCUT2D eigenvalue weighted by Crippen LogP contribution is -2.61. The molecule has 1 aliphatic heterocycles. The fraction of sp³-hybridized carbons (Fsp3) is 0.837. The van der Waals surface area contributed by atoms with Crippen molar-refractivity contribution in [1.29, 1.82) is 0 Å². The van der Waals surface area contributed by atoms with Gasteiger partial charge in [-0.1, -0.05) is 167 Å². The van der Waals surface area contributed by atoms with Crippen molar-refractivity contribution in [3.8, 4) is 5.75 Å². The molecule has 1 heterocycles. The van der Waals surface area contributed by atoms with Gasteiger partial charge in [0.05, 0.1) is 16.5 Å². The molecule has 0 amide bonds. The van der Waals surface area contributed by atoms with Crippen LogP contribution < -0.4 is 4.74 Å². The Morgan fingerprint density at radius 2 is 1.00 bits per heavy atom. The first kappa shape index (κ1) is 41.2. The van der Waals surface area contributed by atoms with Crippen LogP contribution in [0.25, 0.3) is 0 Å². The van der Waals surface area contributed by atoms with Crippen LogP contribution in [0.4, 0.5) is 0 Å². The number of ether oxygens (including phenoxy) is 6. The summed E-state index contributed by atoms with van der Waals surface area (Å²) in [6.07, 6.45) is 24.7. The maximum atomic E-state index is 12.3. The van der Waals surface area contributed by atoms with E-state index in [2.05, 4.69) is 13.8 Å². The van der Waals surface area contributed by atoms with E-state index >= 15 is 0 Å². The predicted molar refractivity (Wildman–Crippen MR) is 205 cm³/mol. The molecule has 1 fully saturated rings. The van der Waals surface area contributed by atoms with Gasteiger partial charge < -0.3 is 33.2 Å². The van der Waals surface area contributed by atoms with E-state index in [4.69, 9.17) is 31.2 Å². The van der Waals surface area contributed by atoms with Gasteiger partial charge in [0.2, 0.25) is 0 Å². The molecular weight excluding hydrogens is 628 g/mol. The van der Waals surface area contributed by atoms with Crippen molar-refractivity contribution in [3.05, 3.63) is 29.8 Å². The molecule has 2 rings (SSSR count). The van der Waals surface area contributed by atoms with Gasteiger partial charge in [-0.15, -0.1) is 0 Å². The molecule has 0 spiro atoms. The van der Waals surface area contributed by atoms with Crippen molar-refractivity contribution in [2.24, 2.45) is 0 Å². The monoisotopic (exact) mass is 707 g/mol. The number of rotatable bonds is 34. The normalized spacial score (nSPS) is 22.5. The maximum absolute atomic E-state index is 12.3. The van der Waals surface area contributed by atoms with E-state index in [1.165, 1.54) is 116 Å². The summed E-state index contributed by atoms with van der Waals surface area (Å²) in [5, 5.41) is 0. The van der Waals surface area contributed by atoms with Gasteiger partial charge in [-0.25, -0.2) is 0 Å². The van der Waals surface area contributed by atoms with E-state index in [-0.39, 0.29) is 6.61 Å². The standard InChI is InChI=1S/C43H76O7/c1-5-7-9-11-13-15-17-19-21-23-25-27-33-47-41-40(49-36-37-29-31-38(45-3)32-30-37)39(35-44)50-43(46-4)42(41)48-34-28-26-24-22-20-18-16-14-12-10-8-6-2/h29-32,35,39-43H,5-28,33-34,36H2,1-4H3/t39-,40-,41+,42-,43?/m1/s1/i33D,34D/t33?,34?,39-,40-,41+,42-,43?. The zero-order chi connectivity index (χ0) is 37.7. The fourth-order valence-electron chi connectivity index (χ4n) is 6.68. The highest BCUT2D eigenvalue weighted by Crippen LogP contribution is 2.30. The zero-order valence-electron chi connectivity index (χ0n) is 34.5. The minimum absolute atomic E-state index is 0.205. The summed E-state index contributed by atoms with van der Waals surface area (Å²) >= 11 is 0. The lowest BCUT2D eigenvalue weighted by molar-refractivity contribution is -0.305. The number of unbranched alkanes of at least 4 members (excludes halogenated alkanes) is 20. The number of methoxy groups -OCH3 is 2. The molecule has 0 radical (unpaired) electrons. The topological polar surface area (TPSA) is 72.5 Å². The number of hydrogen-bond acceptors (Lipinski definition) is 7. The molecule has 0 N–H and O–H groups in total. The Hall–Kier alpha value is -1.51. The van der Waals surface area contributed by atoms with Gasteiger partial charge in [0, 0.05) is 20.3 Å². The molecule has 7 atom stereocenters. The highest BCUT2D eigenvalue weighted by Gasteiger charge is 2.48. The summed E-state index contributed by atoms with van der Waals surface area (Å²) < 4.78 is 53.7. The second-order valence-corrected chi connectivity index (χ2v) is 14.1. The van der Waals surface area contributed by atoms with Crippen LogP contribution in [-0.2, 0) is 35.1 Å². The van der Waals surface area contributed by atoms with E-state index in [1.807, 2.05) is 24.3 Å². The Morgan fingerprint density at radius 1 is 0.580 bits per heavy atom. The molecule has 7 nitrogen and oxygen atoms in total. The van der Waals surface area contributed by atoms with Gasteiger partial charge in [0.1, 0.15) is 30.2 Å².